The summed E-state index contributed by atoms with van der Waals surface area (Å²) in [6.07, 6.45) is 1.83. The van der Waals surface area contributed by atoms with Gasteiger partial charge in [0.05, 0.1) is 16.9 Å². The molecule has 1 saturated heterocycles. The van der Waals surface area contributed by atoms with Crippen LogP contribution in [0.25, 0.3) is 0 Å². The van der Waals surface area contributed by atoms with Crippen molar-refractivity contribution in [2.45, 2.75) is 26.8 Å². The minimum atomic E-state index is -1.01. The van der Waals surface area contributed by atoms with Gasteiger partial charge >= 0.3 is 5.97 Å². The van der Waals surface area contributed by atoms with E-state index in [4.69, 9.17) is 0 Å². The van der Waals surface area contributed by atoms with Crippen LogP contribution >= 0.6 is 0 Å². The summed E-state index contributed by atoms with van der Waals surface area (Å²) < 4.78 is 1.82. The van der Waals surface area contributed by atoms with Gasteiger partial charge in [0.2, 0.25) is 5.91 Å². The van der Waals surface area contributed by atoms with E-state index >= 15 is 0 Å². The summed E-state index contributed by atoms with van der Waals surface area (Å²) in [5.74, 6) is -1.11. The monoisotopic (exact) mass is 400 g/mol. The van der Waals surface area contributed by atoms with Crippen molar-refractivity contribution in [3.63, 3.8) is 0 Å². The van der Waals surface area contributed by atoms with Gasteiger partial charge in [-0.15, -0.1) is 0 Å². The lowest BCUT2D eigenvalue weighted by molar-refractivity contribution is -0.384. The minimum absolute atomic E-state index is 0.0472. The van der Waals surface area contributed by atoms with Gasteiger partial charge < -0.3 is 19.5 Å². The summed E-state index contributed by atoms with van der Waals surface area (Å²) in [5, 5.41) is 20.3. The molecule has 1 aliphatic heterocycles. The Bertz CT molecular complexity index is 927. The number of rotatable bonds is 6. The third-order valence-corrected chi connectivity index (χ3v) is 5.31. The second-order valence-electron chi connectivity index (χ2n) is 7.04. The third kappa shape index (κ3) is 4.23. The number of non-ortho nitro benzene ring substituents is 1. The average molecular weight is 400 g/mol. The lowest BCUT2D eigenvalue weighted by Gasteiger charge is -2.36. The van der Waals surface area contributed by atoms with Gasteiger partial charge in [0.1, 0.15) is 0 Å². The topological polar surface area (TPSA) is 109 Å². The summed E-state index contributed by atoms with van der Waals surface area (Å²) in [6, 6.07) is 6.38. The Hall–Kier alpha value is -3.36. The zero-order chi connectivity index (χ0) is 21.1. The Morgan fingerprint density at radius 3 is 2.28 bits per heavy atom. The van der Waals surface area contributed by atoms with Crippen LogP contribution in [0.15, 0.2) is 30.5 Å². The smallest absolute Gasteiger partial charge is 0.337 e. The number of aromatic nitrogens is 1. The highest BCUT2D eigenvalue weighted by atomic mass is 16.6. The fourth-order valence-corrected chi connectivity index (χ4v) is 3.77. The van der Waals surface area contributed by atoms with Crippen molar-refractivity contribution in [2.75, 3.05) is 31.1 Å². The van der Waals surface area contributed by atoms with E-state index in [1.54, 1.807) is 30.2 Å². The van der Waals surface area contributed by atoms with Gasteiger partial charge in [-0.2, -0.15) is 0 Å². The highest BCUT2D eigenvalue weighted by molar-refractivity contribution is 5.93. The molecule has 29 heavy (non-hydrogen) atoms. The number of carboxylic acid groups (broad SMARTS) is 1. The standard InChI is InChI=1S/C20H24N4O5/c1-3-21-13-14(2)19(20(26)27)17(21)12-18(25)23-10-8-22(9-11-23)15-4-6-16(7-5-15)24(28)29/h4-7,13H,3,8-12H2,1-2H3,(H,26,27). The van der Waals surface area contributed by atoms with E-state index in [-0.39, 0.29) is 23.6 Å². The number of nitro groups is 1. The van der Waals surface area contributed by atoms with Crippen molar-refractivity contribution < 1.29 is 19.6 Å². The van der Waals surface area contributed by atoms with Crippen molar-refractivity contribution in [3.8, 4) is 0 Å². The molecule has 9 heteroatoms. The van der Waals surface area contributed by atoms with E-state index in [9.17, 15) is 24.8 Å². The SMILES string of the molecule is CCn1cc(C)c(C(=O)O)c1CC(=O)N1CCN(c2ccc([N+](=O)[O-])cc2)CC1. The quantitative estimate of drug-likeness (QED) is 0.589. The molecule has 0 radical (unpaired) electrons. The van der Waals surface area contributed by atoms with E-state index in [1.165, 1.54) is 12.1 Å². The lowest BCUT2D eigenvalue weighted by atomic mass is 10.1. The van der Waals surface area contributed by atoms with Crippen LogP contribution in [-0.4, -0.2) is 57.6 Å². The van der Waals surface area contributed by atoms with Gasteiger partial charge in [-0.1, -0.05) is 0 Å². The summed E-state index contributed by atoms with van der Waals surface area (Å²) in [4.78, 5) is 38.6. The number of nitro benzene ring substituents is 1. The molecule has 1 amide bonds. The number of carbonyl (C=O) groups is 2. The summed E-state index contributed by atoms with van der Waals surface area (Å²) in [7, 11) is 0. The summed E-state index contributed by atoms with van der Waals surface area (Å²) in [6.45, 7) is 6.53. The number of piperazine rings is 1. The zero-order valence-electron chi connectivity index (χ0n) is 16.5. The van der Waals surface area contributed by atoms with Crippen molar-refractivity contribution in [2.24, 2.45) is 0 Å². The Labute approximate surface area is 168 Å². The molecule has 154 valence electrons. The Kier molecular flexibility index (Phi) is 5.86. The number of aryl methyl sites for hydroxylation is 2. The third-order valence-electron chi connectivity index (χ3n) is 5.31. The van der Waals surface area contributed by atoms with E-state index < -0.39 is 10.9 Å². The molecular formula is C20H24N4O5. The predicted octanol–water partition coefficient (Wildman–Crippen LogP) is 2.31. The minimum Gasteiger partial charge on any atom is -0.478 e. The molecule has 1 aromatic heterocycles. The average Bonchev–Trinajstić information content (AvgIpc) is 3.03. The molecule has 0 unspecified atom stereocenters. The molecule has 0 spiro atoms. The molecular weight excluding hydrogens is 376 g/mol. The van der Waals surface area contributed by atoms with Crippen LogP contribution in [0.2, 0.25) is 0 Å². The fraction of sp³-hybridized carbons (Fsp3) is 0.400. The van der Waals surface area contributed by atoms with E-state index in [0.29, 0.717) is 44.0 Å². The number of anilines is 1. The number of amides is 1. The fourth-order valence-electron chi connectivity index (χ4n) is 3.77. The van der Waals surface area contributed by atoms with Crippen LogP contribution in [0.1, 0.15) is 28.5 Å². The van der Waals surface area contributed by atoms with Crippen LogP contribution in [0.4, 0.5) is 11.4 Å². The predicted molar refractivity (Wildman–Crippen MR) is 107 cm³/mol. The molecule has 9 nitrogen and oxygen atoms in total. The maximum absolute atomic E-state index is 12.8. The molecule has 0 atom stereocenters. The number of hydrogen-bond acceptors (Lipinski definition) is 5. The van der Waals surface area contributed by atoms with Gasteiger partial charge in [-0.05, 0) is 31.5 Å². The molecule has 0 aliphatic carbocycles. The van der Waals surface area contributed by atoms with Crippen LogP contribution in [0.5, 0.6) is 0 Å². The molecule has 0 saturated carbocycles. The molecule has 1 fully saturated rings. The van der Waals surface area contributed by atoms with Crippen molar-refractivity contribution >= 4 is 23.3 Å². The van der Waals surface area contributed by atoms with Crippen molar-refractivity contribution in [1.82, 2.24) is 9.47 Å². The first-order chi connectivity index (χ1) is 13.8. The number of carbonyl (C=O) groups excluding carboxylic acids is 1. The Balaban J connectivity index is 1.65. The molecule has 2 heterocycles. The van der Waals surface area contributed by atoms with Crippen molar-refractivity contribution in [3.05, 3.63) is 57.4 Å². The second-order valence-corrected chi connectivity index (χ2v) is 7.04. The van der Waals surface area contributed by atoms with Gasteiger partial charge in [0.15, 0.2) is 0 Å². The number of aromatic carboxylic acids is 1. The molecule has 1 aliphatic rings. The lowest BCUT2D eigenvalue weighted by Crippen LogP contribution is -2.49. The maximum Gasteiger partial charge on any atom is 0.337 e. The van der Waals surface area contributed by atoms with Crippen LogP contribution in [0, 0.1) is 17.0 Å². The largest absolute Gasteiger partial charge is 0.478 e. The molecule has 3 rings (SSSR count). The van der Waals surface area contributed by atoms with Crippen LogP contribution < -0.4 is 4.90 Å². The van der Waals surface area contributed by atoms with E-state index in [1.807, 2.05) is 11.5 Å². The molecule has 2 aromatic rings. The van der Waals surface area contributed by atoms with Gasteiger partial charge in [0, 0.05) is 62.4 Å². The normalized spacial score (nSPS) is 14.1. The van der Waals surface area contributed by atoms with Gasteiger partial charge in [0.25, 0.3) is 5.69 Å². The van der Waals surface area contributed by atoms with Gasteiger partial charge in [-0.3, -0.25) is 14.9 Å². The number of hydrogen-bond donors (Lipinski definition) is 1. The van der Waals surface area contributed by atoms with Gasteiger partial charge in [-0.25, -0.2) is 4.79 Å². The second kappa shape index (κ2) is 8.34. The number of carboxylic acids is 1. The highest BCUT2D eigenvalue weighted by Gasteiger charge is 2.26. The van der Waals surface area contributed by atoms with E-state index in [2.05, 4.69) is 4.90 Å². The highest BCUT2D eigenvalue weighted by Crippen LogP contribution is 2.22. The first-order valence-electron chi connectivity index (χ1n) is 9.51. The number of benzene rings is 1. The van der Waals surface area contributed by atoms with E-state index in [0.717, 1.165) is 5.69 Å². The number of nitrogens with zero attached hydrogens (tertiary/aromatic N) is 4. The summed E-state index contributed by atoms with van der Waals surface area (Å²) >= 11 is 0. The first kappa shape index (κ1) is 20.4. The van der Waals surface area contributed by atoms with Crippen LogP contribution in [-0.2, 0) is 17.8 Å². The maximum atomic E-state index is 12.8. The summed E-state index contributed by atoms with van der Waals surface area (Å²) in [5.41, 5.74) is 2.34. The zero-order valence-corrected chi connectivity index (χ0v) is 16.5. The molecule has 0 bridgehead atoms. The molecule has 1 aromatic carbocycles. The van der Waals surface area contributed by atoms with Crippen molar-refractivity contribution in [1.29, 1.82) is 0 Å². The van der Waals surface area contributed by atoms with Crippen LogP contribution in [0.3, 0.4) is 0 Å². The first-order valence-corrected chi connectivity index (χ1v) is 9.51. The molecule has 1 N–H and O–H groups in total. The Morgan fingerprint density at radius 2 is 1.76 bits per heavy atom. The Morgan fingerprint density at radius 1 is 1.14 bits per heavy atom.